The Bertz CT molecular complexity index is 521. The third kappa shape index (κ3) is 2.25. The predicted molar refractivity (Wildman–Crippen MR) is 58.9 cm³/mol. The quantitative estimate of drug-likeness (QED) is 0.454. The van der Waals surface area contributed by atoms with Gasteiger partial charge in [0, 0.05) is 0 Å². The number of allylic oxidation sites excluding steroid dienone is 1. The zero-order valence-corrected chi connectivity index (χ0v) is 9.00. The molecule has 17 heavy (non-hydrogen) atoms. The summed E-state index contributed by atoms with van der Waals surface area (Å²) >= 11 is 0. The van der Waals surface area contributed by atoms with Crippen LogP contribution in [0.5, 0.6) is 11.5 Å². The maximum absolute atomic E-state index is 10.9. The molecule has 88 valence electrons. The van der Waals surface area contributed by atoms with Gasteiger partial charge in [0.25, 0.3) is 5.69 Å². The van der Waals surface area contributed by atoms with E-state index < -0.39 is 4.92 Å². The standard InChI is InChI=1S/C11H9NO5/c1-7(13)2-3-8-4-10-11(17-6-16-10)5-9(8)12(14)15/h2-5H,6H2,1H3/b3-2+. The molecule has 1 aromatic rings. The first-order valence-corrected chi connectivity index (χ1v) is 4.84. The number of benzene rings is 1. The van der Waals surface area contributed by atoms with Gasteiger partial charge in [-0.25, -0.2) is 0 Å². The molecule has 1 aliphatic rings. The maximum Gasteiger partial charge on any atom is 0.280 e. The lowest BCUT2D eigenvalue weighted by atomic mass is 10.1. The molecule has 0 amide bonds. The summed E-state index contributed by atoms with van der Waals surface area (Å²) in [4.78, 5) is 21.2. The normalized spacial score (nSPS) is 13.0. The van der Waals surface area contributed by atoms with Gasteiger partial charge in [-0.2, -0.15) is 0 Å². The summed E-state index contributed by atoms with van der Waals surface area (Å²) in [5.41, 5.74) is 0.196. The van der Waals surface area contributed by atoms with Crippen molar-refractivity contribution in [1.29, 1.82) is 0 Å². The third-order valence-electron chi connectivity index (χ3n) is 2.22. The molecule has 2 rings (SSSR count). The number of nitrogens with zero attached hydrogens (tertiary/aromatic N) is 1. The predicted octanol–water partition coefficient (Wildman–Crippen LogP) is 1.93. The fourth-order valence-electron chi connectivity index (χ4n) is 1.45. The summed E-state index contributed by atoms with van der Waals surface area (Å²) in [5.74, 6) is 0.604. The molecule has 0 saturated carbocycles. The van der Waals surface area contributed by atoms with Crippen LogP contribution in [0.25, 0.3) is 6.08 Å². The average Bonchev–Trinajstić information content (AvgIpc) is 2.71. The van der Waals surface area contributed by atoms with Crippen LogP contribution in [-0.4, -0.2) is 17.5 Å². The first-order chi connectivity index (χ1) is 8.08. The lowest BCUT2D eigenvalue weighted by molar-refractivity contribution is -0.385. The van der Waals surface area contributed by atoms with E-state index in [2.05, 4.69) is 0 Å². The van der Waals surface area contributed by atoms with Crippen molar-refractivity contribution in [2.75, 3.05) is 6.79 Å². The molecule has 1 aromatic carbocycles. The average molecular weight is 235 g/mol. The zero-order valence-electron chi connectivity index (χ0n) is 9.00. The van der Waals surface area contributed by atoms with E-state index in [0.717, 1.165) is 0 Å². The molecule has 0 saturated heterocycles. The van der Waals surface area contributed by atoms with Crippen molar-refractivity contribution in [3.8, 4) is 11.5 Å². The van der Waals surface area contributed by atoms with Crippen LogP contribution >= 0.6 is 0 Å². The van der Waals surface area contributed by atoms with Crippen molar-refractivity contribution in [1.82, 2.24) is 0 Å². The largest absolute Gasteiger partial charge is 0.454 e. The van der Waals surface area contributed by atoms with Crippen LogP contribution in [-0.2, 0) is 4.79 Å². The Hall–Kier alpha value is -2.37. The van der Waals surface area contributed by atoms with Crippen molar-refractivity contribution in [3.05, 3.63) is 33.9 Å². The number of nitro groups is 1. The topological polar surface area (TPSA) is 78.7 Å². The van der Waals surface area contributed by atoms with Gasteiger partial charge in [-0.15, -0.1) is 0 Å². The number of fused-ring (bicyclic) bond motifs is 1. The number of rotatable bonds is 3. The van der Waals surface area contributed by atoms with Gasteiger partial charge in [-0.1, -0.05) is 0 Å². The highest BCUT2D eigenvalue weighted by molar-refractivity contribution is 5.92. The zero-order chi connectivity index (χ0) is 12.4. The first kappa shape index (κ1) is 11.1. The summed E-state index contributed by atoms with van der Waals surface area (Å²) < 4.78 is 10.2. The molecule has 0 radical (unpaired) electrons. The van der Waals surface area contributed by atoms with Gasteiger partial charge in [0.05, 0.1) is 16.6 Å². The van der Waals surface area contributed by atoms with E-state index in [4.69, 9.17) is 9.47 Å². The second kappa shape index (κ2) is 4.25. The molecule has 0 unspecified atom stereocenters. The van der Waals surface area contributed by atoms with E-state index in [-0.39, 0.29) is 18.3 Å². The van der Waals surface area contributed by atoms with Gasteiger partial charge in [-0.05, 0) is 25.1 Å². The number of nitro benzene ring substituents is 1. The van der Waals surface area contributed by atoms with Gasteiger partial charge in [0.15, 0.2) is 17.3 Å². The van der Waals surface area contributed by atoms with Crippen molar-refractivity contribution in [3.63, 3.8) is 0 Å². The molecule has 1 aliphatic heterocycles. The van der Waals surface area contributed by atoms with E-state index in [1.54, 1.807) is 0 Å². The number of hydrogen-bond donors (Lipinski definition) is 0. The van der Waals surface area contributed by atoms with E-state index >= 15 is 0 Å². The maximum atomic E-state index is 10.9. The molecule has 0 N–H and O–H groups in total. The SMILES string of the molecule is CC(=O)/C=C/c1cc2c(cc1[N+](=O)[O-])OCO2. The van der Waals surface area contributed by atoms with Crippen LogP contribution in [0.2, 0.25) is 0 Å². The monoisotopic (exact) mass is 235 g/mol. The first-order valence-electron chi connectivity index (χ1n) is 4.84. The number of carbonyl (C=O) groups excluding carboxylic acids is 1. The van der Waals surface area contributed by atoms with Gasteiger partial charge in [-0.3, -0.25) is 14.9 Å². The molecule has 0 fully saturated rings. The number of ketones is 1. The van der Waals surface area contributed by atoms with Gasteiger partial charge < -0.3 is 9.47 Å². The Balaban J connectivity index is 2.48. The Morgan fingerprint density at radius 3 is 2.65 bits per heavy atom. The van der Waals surface area contributed by atoms with Crippen molar-refractivity contribution >= 4 is 17.5 Å². The van der Waals surface area contributed by atoms with Crippen LogP contribution < -0.4 is 9.47 Å². The van der Waals surface area contributed by atoms with Gasteiger partial charge >= 0.3 is 0 Å². The minimum atomic E-state index is -0.526. The fraction of sp³-hybridized carbons (Fsp3) is 0.182. The highest BCUT2D eigenvalue weighted by Crippen LogP contribution is 2.38. The highest BCUT2D eigenvalue weighted by atomic mass is 16.7. The molecule has 1 heterocycles. The lowest BCUT2D eigenvalue weighted by Crippen LogP contribution is -1.93. The molecule has 0 atom stereocenters. The van der Waals surface area contributed by atoms with E-state index in [1.807, 2.05) is 0 Å². The molecule has 0 spiro atoms. The Morgan fingerprint density at radius 1 is 1.41 bits per heavy atom. The molecule has 0 bridgehead atoms. The molecular formula is C11H9NO5. The summed E-state index contributed by atoms with van der Waals surface area (Å²) in [6, 6.07) is 2.78. The highest BCUT2D eigenvalue weighted by Gasteiger charge is 2.21. The fourth-order valence-corrected chi connectivity index (χ4v) is 1.45. The Labute approximate surface area is 96.6 Å². The smallest absolute Gasteiger partial charge is 0.280 e. The van der Waals surface area contributed by atoms with Crippen LogP contribution in [0.3, 0.4) is 0 Å². The number of hydrogen-bond acceptors (Lipinski definition) is 5. The summed E-state index contributed by atoms with van der Waals surface area (Å²) in [7, 11) is 0. The minimum Gasteiger partial charge on any atom is -0.454 e. The molecular weight excluding hydrogens is 226 g/mol. The minimum absolute atomic E-state index is 0.0480. The van der Waals surface area contributed by atoms with Crippen LogP contribution in [0, 0.1) is 10.1 Å². The summed E-state index contributed by atoms with van der Waals surface area (Å²) in [6.07, 6.45) is 2.66. The Kier molecular flexibility index (Phi) is 2.78. The van der Waals surface area contributed by atoms with Crippen LogP contribution in [0.1, 0.15) is 12.5 Å². The molecule has 6 heteroatoms. The van der Waals surface area contributed by atoms with E-state index in [1.165, 1.54) is 31.2 Å². The van der Waals surface area contributed by atoms with E-state index in [0.29, 0.717) is 17.1 Å². The van der Waals surface area contributed by atoms with Crippen molar-refractivity contribution < 1.29 is 19.2 Å². The molecule has 0 aliphatic carbocycles. The van der Waals surface area contributed by atoms with Crippen LogP contribution in [0.15, 0.2) is 18.2 Å². The van der Waals surface area contributed by atoms with Crippen molar-refractivity contribution in [2.24, 2.45) is 0 Å². The van der Waals surface area contributed by atoms with Gasteiger partial charge in [0.2, 0.25) is 6.79 Å². The summed E-state index contributed by atoms with van der Waals surface area (Å²) in [5, 5.41) is 10.9. The van der Waals surface area contributed by atoms with Crippen molar-refractivity contribution in [2.45, 2.75) is 6.92 Å². The Morgan fingerprint density at radius 2 is 2.06 bits per heavy atom. The molecule has 6 nitrogen and oxygen atoms in total. The van der Waals surface area contributed by atoms with Crippen LogP contribution in [0.4, 0.5) is 5.69 Å². The lowest BCUT2D eigenvalue weighted by Gasteiger charge is -2.00. The van der Waals surface area contributed by atoms with E-state index in [9.17, 15) is 14.9 Å². The molecule has 0 aromatic heterocycles. The summed E-state index contributed by atoms with van der Waals surface area (Å²) in [6.45, 7) is 1.42. The number of carbonyl (C=O) groups is 1. The second-order valence-corrected chi connectivity index (χ2v) is 3.47. The third-order valence-corrected chi connectivity index (χ3v) is 2.22. The number of ether oxygens (including phenoxy) is 2. The van der Waals surface area contributed by atoms with Gasteiger partial charge in [0.1, 0.15) is 0 Å². The second-order valence-electron chi connectivity index (χ2n) is 3.47.